The van der Waals surface area contributed by atoms with Gasteiger partial charge in [-0.3, -0.25) is 0 Å². The minimum Gasteiger partial charge on any atom is -0.507 e. The quantitative estimate of drug-likeness (QED) is 0.104. The topological polar surface area (TPSA) is 24.1 Å². The van der Waals surface area contributed by atoms with Crippen LogP contribution >= 0.6 is 0 Å². The summed E-state index contributed by atoms with van der Waals surface area (Å²) in [4.78, 5) is 0. The molecule has 8 saturated carbocycles. The average Bonchev–Trinajstić information content (AvgIpc) is 3.29. The van der Waals surface area contributed by atoms with Crippen LogP contribution in [0.15, 0.2) is 97.1 Å². The predicted octanol–water partition coefficient (Wildman–Crippen LogP) is 15.6. The van der Waals surface area contributed by atoms with E-state index in [-0.39, 0.29) is 10.8 Å². The molecule has 2 nitrogen and oxygen atoms in total. The summed E-state index contributed by atoms with van der Waals surface area (Å²) in [7, 11) is 0. The Labute approximate surface area is 380 Å². The summed E-state index contributed by atoms with van der Waals surface area (Å²) in [5, 5.41) is 12.6. The number of benzene rings is 4. The van der Waals surface area contributed by atoms with Crippen molar-refractivity contribution in [3.05, 3.63) is 125 Å². The van der Waals surface area contributed by atoms with Gasteiger partial charge in [0.25, 0.3) is 0 Å². The van der Waals surface area contributed by atoms with E-state index in [1.165, 1.54) is 149 Å². The molecule has 0 atom stereocenters. The molecule has 8 fully saturated rings. The largest absolute Gasteiger partial charge is 0.507 e. The van der Waals surface area contributed by atoms with Crippen molar-refractivity contribution in [2.45, 2.75) is 166 Å². The Hall–Kier alpha value is -4.17. The molecular weight excluding hydrogens is 763 g/mol. The molecule has 0 radical (unpaired) electrons. The normalized spacial score (nSPS) is 28.9. The lowest BCUT2D eigenvalue weighted by Gasteiger charge is -2.56. The highest BCUT2D eigenvalue weighted by molar-refractivity contribution is 5.84. The third kappa shape index (κ3) is 7.82. The molecule has 0 spiro atoms. The number of hydrogen-bond donors (Lipinski definition) is 1. The SMILES string of the molecule is CCCCc1ccc(-c2cc(C34CC5CC(CC(C5)C3)C4)[n+](-c3cc(-c4ccc(CCCC)cc4)c(O)c(-c4ccc(CCCC)cc4)c3)c(C34CC5C[C@H](C3)C[C@H](C5)C4)c2)cc1. The predicted molar refractivity (Wildman–Crippen MR) is 261 cm³/mol. The van der Waals surface area contributed by atoms with Gasteiger partial charge in [-0.25, -0.2) is 0 Å². The number of aryl methyl sites for hydroxylation is 3. The van der Waals surface area contributed by atoms with Gasteiger partial charge in [-0.2, -0.15) is 4.57 Å². The summed E-state index contributed by atoms with van der Waals surface area (Å²) in [6.07, 6.45) is 27.3. The van der Waals surface area contributed by atoms with E-state index in [1.807, 2.05) is 0 Å². The number of unbranched alkanes of at least 4 members (excludes halogenated alkanes) is 3. The van der Waals surface area contributed by atoms with Crippen molar-refractivity contribution in [3.63, 3.8) is 0 Å². The van der Waals surface area contributed by atoms with Crippen LogP contribution in [0, 0.1) is 35.5 Å². The number of pyridine rings is 1. The van der Waals surface area contributed by atoms with E-state index in [4.69, 9.17) is 0 Å². The minimum absolute atomic E-state index is 0.170. The Morgan fingerprint density at radius 2 is 0.746 bits per heavy atom. The Bertz CT molecular complexity index is 2210. The standard InChI is InChI=1S/C61H73NO/c1-4-7-10-41-13-19-50(20-14-41)53-31-57(60-35-44-25-45(36-60)27-46(26-44)37-60)62(58(32-53)61-38-47-28-48(39-61)30-49(29-47)40-61)54-33-55(51-21-15-42(16-22-51)11-8-5-2)59(63)56(34-54)52-23-17-43(18-24-52)12-9-6-3/h13-24,31-34,44-49H,4-12,25-30,35-40H2,1-3H3/p+1/t44-,45-,46?,47?,48?,49?,60?,61?/m1/s1. The van der Waals surface area contributed by atoms with Crippen molar-refractivity contribution in [1.29, 1.82) is 0 Å². The van der Waals surface area contributed by atoms with Crippen molar-refractivity contribution in [1.82, 2.24) is 0 Å². The molecule has 8 aliphatic carbocycles. The number of aromatic nitrogens is 1. The molecule has 1 heterocycles. The van der Waals surface area contributed by atoms with Gasteiger partial charge in [-0.15, -0.1) is 0 Å². The van der Waals surface area contributed by atoms with Gasteiger partial charge in [0, 0.05) is 35.4 Å². The van der Waals surface area contributed by atoms with Crippen molar-refractivity contribution < 1.29 is 9.67 Å². The lowest BCUT2D eigenvalue weighted by atomic mass is 9.47. The molecule has 1 aromatic heterocycles. The van der Waals surface area contributed by atoms with Crippen molar-refractivity contribution in [2.75, 3.05) is 0 Å². The van der Waals surface area contributed by atoms with Crippen LogP contribution in [0.25, 0.3) is 39.1 Å². The fourth-order valence-electron chi connectivity index (χ4n) is 15.6. The van der Waals surface area contributed by atoms with E-state index in [0.717, 1.165) is 77.0 Å². The molecule has 0 amide bonds. The molecule has 13 rings (SSSR count). The molecular formula is C61H74NO+. The first-order chi connectivity index (χ1) is 30.8. The van der Waals surface area contributed by atoms with E-state index in [2.05, 4.69) is 122 Å². The molecule has 2 heteroatoms. The average molecular weight is 837 g/mol. The maximum atomic E-state index is 12.6. The van der Waals surface area contributed by atoms with Gasteiger partial charge in [-0.1, -0.05) is 113 Å². The fraction of sp³-hybridized carbons (Fsp3) is 0.525. The number of aromatic hydroxyl groups is 1. The molecule has 0 unspecified atom stereocenters. The van der Waals surface area contributed by atoms with E-state index < -0.39 is 0 Å². The van der Waals surface area contributed by atoms with Crippen LogP contribution in [0.3, 0.4) is 0 Å². The lowest BCUT2D eigenvalue weighted by molar-refractivity contribution is -0.624. The summed E-state index contributed by atoms with van der Waals surface area (Å²) >= 11 is 0. The number of rotatable bonds is 15. The summed E-state index contributed by atoms with van der Waals surface area (Å²) in [5.41, 5.74) is 16.0. The molecule has 1 N–H and O–H groups in total. The summed E-state index contributed by atoms with van der Waals surface area (Å²) in [6.45, 7) is 6.86. The fourth-order valence-corrected chi connectivity index (χ4v) is 15.6. The van der Waals surface area contributed by atoms with Crippen LogP contribution in [-0.2, 0) is 30.1 Å². The number of phenolic OH excluding ortho intramolecular Hbond substituents is 1. The minimum atomic E-state index is 0.170. The zero-order valence-electron chi connectivity index (χ0n) is 38.9. The maximum absolute atomic E-state index is 12.6. The van der Waals surface area contributed by atoms with Crippen LogP contribution in [0.4, 0.5) is 0 Å². The highest BCUT2D eigenvalue weighted by atomic mass is 16.3. The number of hydrogen-bond acceptors (Lipinski definition) is 1. The van der Waals surface area contributed by atoms with Gasteiger partial charge in [0.05, 0.1) is 10.8 Å². The number of phenols is 1. The zero-order chi connectivity index (χ0) is 42.7. The molecule has 5 aromatic rings. The van der Waals surface area contributed by atoms with Crippen molar-refractivity contribution >= 4 is 0 Å². The Morgan fingerprint density at radius 3 is 1.06 bits per heavy atom. The third-order valence-electron chi connectivity index (χ3n) is 17.9. The Balaban J connectivity index is 1.16. The second kappa shape index (κ2) is 17.0. The summed E-state index contributed by atoms with van der Waals surface area (Å²) in [6, 6.07) is 38.5. The first-order valence-corrected chi connectivity index (χ1v) is 26.1. The summed E-state index contributed by atoms with van der Waals surface area (Å²) in [5.74, 6) is 5.48. The second-order valence-corrected chi connectivity index (χ2v) is 22.5. The van der Waals surface area contributed by atoms with Gasteiger partial charge in [0.15, 0.2) is 11.4 Å². The smallest absolute Gasteiger partial charge is 0.212 e. The Kier molecular flexibility index (Phi) is 11.2. The van der Waals surface area contributed by atoms with Gasteiger partial charge >= 0.3 is 0 Å². The van der Waals surface area contributed by atoms with E-state index >= 15 is 0 Å². The van der Waals surface area contributed by atoms with Gasteiger partial charge in [0.1, 0.15) is 5.75 Å². The molecule has 328 valence electrons. The van der Waals surface area contributed by atoms with Crippen molar-refractivity contribution in [3.8, 4) is 44.8 Å². The molecule has 4 aromatic carbocycles. The Morgan fingerprint density at radius 1 is 0.429 bits per heavy atom. The molecule has 8 bridgehead atoms. The van der Waals surface area contributed by atoms with Crippen LogP contribution in [0.2, 0.25) is 0 Å². The maximum Gasteiger partial charge on any atom is 0.212 e. The first kappa shape index (κ1) is 41.5. The van der Waals surface area contributed by atoms with Crippen LogP contribution < -0.4 is 4.57 Å². The zero-order valence-corrected chi connectivity index (χ0v) is 38.9. The van der Waals surface area contributed by atoms with Gasteiger partial charge in [-0.05, 0) is 190 Å². The van der Waals surface area contributed by atoms with E-state index in [9.17, 15) is 5.11 Å². The molecule has 8 aliphatic rings. The number of nitrogens with zero attached hydrogens (tertiary/aromatic N) is 1. The van der Waals surface area contributed by atoms with Crippen molar-refractivity contribution in [2.24, 2.45) is 35.5 Å². The second-order valence-electron chi connectivity index (χ2n) is 22.5. The third-order valence-corrected chi connectivity index (χ3v) is 17.9. The van der Waals surface area contributed by atoms with Crippen LogP contribution in [0.5, 0.6) is 5.75 Å². The lowest BCUT2D eigenvalue weighted by Crippen LogP contribution is -2.59. The summed E-state index contributed by atoms with van der Waals surface area (Å²) < 4.78 is 2.91. The van der Waals surface area contributed by atoms with E-state index in [1.54, 1.807) is 11.4 Å². The monoisotopic (exact) mass is 837 g/mol. The molecule has 0 aliphatic heterocycles. The van der Waals surface area contributed by atoms with Crippen LogP contribution in [0.1, 0.15) is 164 Å². The highest BCUT2D eigenvalue weighted by Crippen LogP contribution is 2.63. The van der Waals surface area contributed by atoms with E-state index in [0.29, 0.717) is 5.75 Å². The van der Waals surface area contributed by atoms with Crippen LogP contribution in [-0.4, -0.2) is 5.11 Å². The van der Waals surface area contributed by atoms with Gasteiger partial charge in [0.2, 0.25) is 5.69 Å². The molecule has 0 saturated heterocycles. The van der Waals surface area contributed by atoms with Gasteiger partial charge < -0.3 is 5.11 Å². The molecule has 63 heavy (non-hydrogen) atoms. The first-order valence-electron chi connectivity index (χ1n) is 26.1. The highest BCUT2D eigenvalue weighted by Gasteiger charge is 2.59.